The molecule has 0 spiro atoms. The highest BCUT2D eigenvalue weighted by atomic mass is 16.5. The van der Waals surface area contributed by atoms with E-state index in [1.54, 1.807) is 0 Å². The van der Waals surface area contributed by atoms with Gasteiger partial charge in [-0.2, -0.15) is 0 Å². The number of amides is 1. The first-order chi connectivity index (χ1) is 7.69. The van der Waals surface area contributed by atoms with Crippen LogP contribution in [-0.4, -0.2) is 25.7 Å². The minimum Gasteiger partial charge on any atom is -0.370 e. The van der Waals surface area contributed by atoms with Gasteiger partial charge in [0.1, 0.15) is 6.10 Å². The number of hydrogen-bond donors (Lipinski definition) is 2. The van der Waals surface area contributed by atoms with Gasteiger partial charge < -0.3 is 15.8 Å². The van der Waals surface area contributed by atoms with E-state index in [1.807, 2.05) is 37.3 Å². The highest BCUT2D eigenvalue weighted by Gasteiger charge is 2.17. The number of nitrogens with one attached hydrogen (secondary N) is 1. The van der Waals surface area contributed by atoms with Crippen LogP contribution in [0.3, 0.4) is 0 Å². The molecular formula is C12H18N2O2. The van der Waals surface area contributed by atoms with Crippen molar-refractivity contribution in [2.45, 2.75) is 19.1 Å². The van der Waals surface area contributed by atoms with Crippen molar-refractivity contribution in [1.29, 1.82) is 0 Å². The van der Waals surface area contributed by atoms with Crippen molar-refractivity contribution >= 4 is 5.91 Å². The van der Waals surface area contributed by atoms with Crippen LogP contribution in [0.1, 0.15) is 18.5 Å². The Bertz CT molecular complexity index is 323. The fourth-order valence-electron chi connectivity index (χ4n) is 1.44. The van der Waals surface area contributed by atoms with Crippen LogP contribution >= 0.6 is 0 Å². The number of ether oxygens (including phenoxy) is 1. The molecule has 0 radical (unpaired) electrons. The monoisotopic (exact) mass is 222 g/mol. The van der Waals surface area contributed by atoms with Gasteiger partial charge in [0.25, 0.3) is 5.91 Å². The molecule has 4 nitrogen and oxygen atoms in total. The van der Waals surface area contributed by atoms with E-state index >= 15 is 0 Å². The second-order valence-corrected chi connectivity index (χ2v) is 3.60. The van der Waals surface area contributed by atoms with Gasteiger partial charge in [0.15, 0.2) is 0 Å². The van der Waals surface area contributed by atoms with Gasteiger partial charge in [-0.15, -0.1) is 0 Å². The Kier molecular flexibility index (Phi) is 4.95. The van der Waals surface area contributed by atoms with E-state index in [9.17, 15) is 4.79 Å². The largest absolute Gasteiger partial charge is 0.370 e. The summed E-state index contributed by atoms with van der Waals surface area (Å²) in [7, 11) is 1.48. The molecule has 16 heavy (non-hydrogen) atoms. The molecule has 0 heterocycles. The van der Waals surface area contributed by atoms with Crippen molar-refractivity contribution in [3.8, 4) is 0 Å². The number of methoxy groups -OCH3 is 1. The second-order valence-electron chi connectivity index (χ2n) is 3.60. The fraction of sp³-hybridized carbons (Fsp3) is 0.417. The molecule has 0 aromatic heterocycles. The number of carbonyl (C=O) groups is 1. The Morgan fingerprint density at radius 2 is 2.06 bits per heavy atom. The van der Waals surface area contributed by atoms with E-state index in [0.717, 1.165) is 5.56 Å². The molecule has 0 saturated heterocycles. The number of benzene rings is 1. The van der Waals surface area contributed by atoms with E-state index in [2.05, 4.69) is 5.32 Å². The summed E-state index contributed by atoms with van der Waals surface area (Å²) in [6, 6.07) is 9.71. The van der Waals surface area contributed by atoms with Crippen molar-refractivity contribution in [3.05, 3.63) is 35.9 Å². The maximum absolute atomic E-state index is 11.7. The molecule has 3 N–H and O–H groups in total. The maximum atomic E-state index is 11.7. The van der Waals surface area contributed by atoms with Gasteiger partial charge in [0.05, 0.1) is 6.04 Å². The zero-order valence-corrected chi connectivity index (χ0v) is 9.64. The summed E-state index contributed by atoms with van der Waals surface area (Å²) >= 11 is 0. The van der Waals surface area contributed by atoms with Crippen molar-refractivity contribution in [2.24, 2.45) is 5.73 Å². The fourth-order valence-corrected chi connectivity index (χ4v) is 1.44. The summed E-state index contributed by atoms with van der Waals surface area (Å²) in [5.41, 5.74) is 6.47. The summed E-state index contributed by atoms with van der Waals surface area (Å²) in [6.07, 6.45) is -0.578. The molecule has 4 heteroatoms. The molecule has 0 fully saturated rings. The van der Waals surface area contributed by atoms with Crippen LogP contribution in [0, 0.1) is 0 Å². The molecule has 0 aliphatic heterocycles. The van der Waals surface area contributed by atoms with Crippen LogP contribution in [0.4, 0.5) is 0 Å². The van der Waals surface area contributed by atoms with E-state index < -0.39 is 6.10 Å². The lowest BCUT2D eigenvalue weighted by Crippen LogP contribution is -2.41. The zero-order valence-electron chi connectivity index (χ0n) is 9.64. The van der Waals surface area contributed by atoms with Gasteiger partial charge in [0.2, 0.25) is 0 Å². The molecule has 0 saturated carbocycles. The van der Waals surface area contributed by atoms with Gasteiger partial charge in [-0.05, 0) is 12.5 Å². The molecule has 1 aromatic carbocycles. The Morgan fingerprint density at radius 1 is 1.44 bits per heavy atom. The Hall–Kier alpha value is -1.39. The van der Waals surface area contributed by atoms with E-state index in [0.29, 0.717) is 0 Å². The summed E-state index contributed by atoms with van der Waals surface area (Å²) in [4.78, 5) is 11.7. The van der Waals surface area contributed by atoms with Crippen LogP contribution in [0.5, 0.6) is 0 Å². The predicted octanol–water partition coefficient (Wildman–Crippen LogP) is 0.838. The Balaban J connectivity index is 2.58. The Labute approximate surface area is 95.8 Å². The molecule has 2 unspecified atom stereocenters. The number of hydrogen-bond acceptors (Lipinski definition) is 3. The van der Waals surface area contributed by atoms with Gasteiger partial charge >= 0.3 is 0 Å². The van der Waals surface area contributed by atoms with Gasteiger partial charge in [0, 0.05) is 13.7 Å². The van der Waals surface area contributed by atoms with E-state index in [4.69, 9.17) is 10.5 Å². The molecule has 1 aromatic rings. The average molecular weight is 222 g/mol. The first-order valence-electron chi connectivity index (χ1n) is 5.27. The van der Waals surface area contributed by atoms with Crippen LogP contribution in [0.2, 0.25) is 0 Å². The molecule has 0 bridgehead atoms. The SMILES string of the molecule is COC(CN)C(=O)NC(C)c1ccccc1. The number of rotatable bonds is 5. The van der Waals surface area contributed by atoms with Crippen LogP contribution in [0.25, 0.3) is 0 Å². The molecular weight excluding hydrogens is 204 g/mol. The van der Waals surface area contributed by atoms with Crippen molar-refractivity contribution < 1.29 is 9.53 Å². The van der Waals surface area contributed by atoms with Crippen molar-refractivity contribution in [3.63, 3.8) is 0 Å². The lowest BCUT2D eigenvalue weighted by atomic mass is 10.1. The lowest BCUT2D eigenvalue weighted by Gasteiger charge is -2.18. The first-order valence-corrected chi connectivity index (χ1v) is 5.27. The van der Waals surface area contributed by atoms with Gasteiger partial charge in [-0.25, -0.2) is 0 Å². The van der Waals surface area contributed by atoms with E-state index in [1.165, 1.54) is 7.11 Å². The molecule has 0 aliphatic carbocycles. The van der Waals surface area contributed by atoms with E-state index in [-0.39, 0.29) is 18.5 Å². The average Bonchev–Trinajstić information content (AvgIpc) is 2.31. The van der Waals surface area contributed by atoms with Gasteiger partial charge in [-0.1, -0.05) is 30.3 Å². The normalized spacial score (nSPS) is 14.2. The zero-order chi connectivity index (χ0) is 12.0. The standard InChI is InChI=1S/C12H18N2O2/c1-9(10-6-4-3-5-7-10)14-12(15)11(8-13)16-2/h3-7,9,11H,8,13H2,1-2H3,(H,14,15). The minimum atomic E-state index is -0.578. The van der Waals surface area contributed by atoms with Crippen molar-refractivity contribution in [2.75, 3.05) is 13.7 Å². The summed E-state index contributed by atoms with van der Waals surface area (Å²) < 4.78 is 4.96. The smallest absolute Gasteiger partial charge is 0.250 e. The van der Waals surface area contributed by atoms with Crippen LogP contribution in [0.15, 0.2) is 30.3 Å². The number of nitrogens with two attached hydrogens (primary N) is 1. The highest BCUT2D eigenvalue weighted by Crippen LogP contribution is 2.11. The second kappa shape index (κ2) is 6.25. The van der Waals surface area contributed by atoms with Crippen LogP contribution in [-0.2, 0) is 9.53 Å². The highest BCUT2D eigenvalue weighted by molar-refractivity contribution is 5.81. The molecule has 1 rings (SSSR count). The minimum absolute atomic E-state index is 0.0436. The molecule has 1 amide bonds. The quantitative estimate of drug-likeness (QED) is 0.776. The third-order valence-electron chi connectivity index (χ3n) is 2.45. The van der Waals surface area contributed by atoms with Crippen molar-refractivity contribution in [1.82, 2.24) is 5.32 Å². The predicted molar refractivity (Wildman–Crippen MR) is 62.9 cm³/mol. The summed E-state index contributed by atoms with van der Waals surface area (Å²) in [5.74, 6) is -0.179. The third kappa shape index (κ3) is 3.32. The lowest BCUT2D eigenvalue weighted by molar-refractivity contribution is -0.131. The number of carbonyl (C=O) groups excluding carboxylic acids is 1. The Morgan fingerprint density at radius 3 is 2.56 bits per heavy atom. The first kappa shape index (κ1) is 12.7. The third-order valence-corrected chi connectivity index (χ3v) is 2.45. The molecule has 88 valence electrons. The summed E-state index contributed by atoms with van der Waals surface area (Å²) in [5, 5.41) is 2.85. The van der Waals surface area contributed by atoms with Crippen LogP contribution < -0.4 is 11.1 Å². The topological polar surface area (TPSA) is 64.3 Å². The molecule has 2 atom stereocenters. The summed E-state index contributed by atoms with van der Waals surface area (Å²) in [6.45, 7) is 2.11. The molecule has 0 aliphatic rings. The maximum Gasteiger partial charge on any atom is 0.250 e. The van der Waals surface area contributed by atoms with Gasteiger partial charge in [-0.3, -0.25) is 4.79 Å².